The molecule has 2 atom stereocenters. The van der Waals surface area contributed by atoms with Crippen LogP contribution < -0.4 is 21.0 Å². The summed E-state index contributed by atoms with van der Waals surface area (Å²) in [5, 5.41) is 8.75. The Morgan fingerprint density at radius 3 is 2.95 bits per heavy atom. The molecule has 0 saturated heterocycles. The van der Waals surface area contributed by atoms with Gasteiger partial charge in [0.15, 0.2) is 0 Å². The van der Waals surface area contributed by atoms with Crippen molar-refractivity contribution in [3.63, 3.8) is 0 Å². The molecule has 2 rings (SSSR count). The number of nitrogens with two attached hydrogens (primary N) is 2. The second-order valence-electron chi connectivity index (χ2n) is 4.17. The van der Waals surface area contributed by atoms with E-state index in [1.165, 1.54) is 6.20 Å². The van der Waals surface area contributed by atoms with E-state index in [0.29, 0.717) is 0 Å². The minimum Gasteiger partial charge on any atom is -0.480 e. The van der Waals surface area contributed by atoms with Crippen molar-refractivity contribution in [1.82, 2.24) is 9.71 Å². The summed E-state index contributed by atoms with van der Waals surface area (Å²) >= 11 is 0. The third-order valence-electron chi connectivity index (χ3n) is 2.58. The molecular formula is C10H12N4O6. The molecule has 10 heteroatoms. The molecule has 1 aromatic rings. The van der Waals surface area contributed by atoms with Gasteiger partial charge in [0.05, 0.1) is 18.3 Å². The van der Waals surface area contributed by atoms with E-state index in [1.807, 2.05) is 0 Å². The number of carbonyl (C=O) groups is 3. The van der Waals surface area contributed by atoms with Crippen LogP contribution in [-0.4, -0.2) is 44.8 Å². The Hall–Kier alpha value is -2.46. The number of fused-ring (bicyclic) bond motifs is 1. The summed E-state index contributed by atoms with van der Waals surface area (Å²) in [7, 11) is 0. The molecule has 0 fully saturated rings. The van der Waals surface area contributed by atoms with Crippen LogP contribution in [0.15, 0.2) is 6.20 Å². The number of aromatic nitrogens is 2. The number of hydrogen-bond donors (Lipinski definition) is 3. The van der Waals surface area contributed by atoms with Gasteiger partial charge in [-0.2, -0.15) is 0 Å². The molecule has 20 heavy (non-hydrogen) atoms. The molecule has 0 amide bonds. The topological polar surface area (TPSA) is 160 Å². The van der Waals surface area contributed by atoms with Gasteiger partial charge < -0.3 is 26.1 Å². The van der Waals surface area contributed by atoms with Crippen molar-refractivity contribution in [3.05, 3.63) is 11.9 Å². The molecule has 1 aliphatic rings. The maximum atomic E-state index is 11.6. The Balaban J connectivity index is 2.31. The second kappa shape index (κ2) is 5.27. The Morgan fingerprint density at radius 1 is 1.60 bits per heavy atom. The van der Waals surface area contributed by atoms with Gasteiger partial charge in [-0.25, -0.2) is 9.78 Å². The quantitative estimate of drug-likeness (QED) is 0.506. The molecule has 0 radical (unpaired) electrons. The van der Waals surface area contributed by atoms with Gasteiger partial charge in [0.1, 0.15) is 12.1 Å². The Labute approximate surface area is 112 Å². The lowest BCUT2D eigenvalue weighted by atomic mass is 10.2. The van der Waals surface area contributed by atoms with Gasteiger partial charge in [-0.3, -0.25) is 9.59 Å². The first-order valence-corrected chi connectivity index (χ1v) is 5.62. The number of aliphatic carboxylic acids is 1. The van der Waals surface area contributed by atoms with Crippen LogP contribution in [0.1, 0.15) is 12.1 Å². The van der Waals surface area contributed by atoms with Crippen molar-refractivity contribution in [1.29, 1.82) is 0 Å². The number of carboxylic acid groups (broad SMARTS) is 1. The third kappa shape index (κ3) is 2.75. The summed E-state index contributed by atoms with van der Waals surface area (Å²) in [4.78, 5) is 42.4. The average Bonchev–Trinajstić information content (AvgIpc) is 2.70. The molecule has 5 N–H and O–H groups in total. The molecule has 2 unspecified atom stereocenters. The molecule has 0 aromatic carbocycles. The monoisotopic (exact) mass is 284 g/mol. The molecule has 2 heterocycles. The van der Waals surface area contributed by atoms with Gasteiger partial charge in [0.2, 0.25) is 0 Å². The normalized spacial score (nSPS) is 20.2. The third-order valence-corrected chi connectivity index (χ3v) is 2.58. The Morgan fingerprint density at radius 2 is 2.30 bits per heavy atom. The van der Waals surface area contributed by atoms with Crippen molar-refractivity contribution in [2.45, 2.75) is 24.9 Å². The fourth-order valence-corrected chi connectivity index (χ4v) is 1.54. The molecule has 0 saturated carbocycles. The highest BCUT2D eigenvalue weighted by Crippen LogP contribution is 2.16. The van der Waals surface area contributed by atoms with Crippen LogP contribution in [0.2, 0.25) is 0 Å². The van der Waals surface area contributed by atoms with Crippen LogP contribution >= 0.6 is 0 Å². The maximum absolute atomic E-state index is 11.6. The van der Waals surface area contributed by atoms with E-state index in [-0.39, 0.29) is 24.5 Å². The van der Waals surface area contributed by atoms with Crippen LogP contribution in [0.4, 0.5) is 0 Å². The molecule has 0 bridgehead atoms. The van der Waals surface area contributed by atoms with Gasteiger partial charge in [-0.1, -0.05) is 0 Å². The molecule has 0 aliphatic carbocycles. The smallest absolute Gasteiger partial charge is 0.350 e. The van der Waals surface area contributed by atoms with Crippen molar-refractivity contribution >= 4 is 17.9 Å². The zero-order chi connectivity index (χ0) is 14.9. The zero-order valence-corrected chi connectivity index (χ0v) is 10.2. The van der Waals surface area contributed by atoms with Crippen molar-refractivity contribution in [2.24, 2.45) is 11.5 Å². The summed E-state index contributed by atoms with van der Waals surface area (Å²) in [5.41, 5.74) is 11.0. The van der Waals surface area contributed by atoms with Gasteiger partial charge >= 0.3 is 23.9 Å². The first kappa shape index (κ1) is 14.0. The number of hydrogen-bond acceptors (Lipinski definition) is 8. The molecule has 0 spiro atoms. The number of carbonyl (C=O) groups excluding carboxylic acids is 2. The summed E-state index contributed by atoms with van der Waals surface area (Å²) in [6, 6.07) is -2.66. The second-order valence-corrected chi connectivity index (χ2v) is 4.17. The number of nitrogens with zero attached hydrogens (tertiary/aromatic N) is 2. The number of esters is 1. The zero-order valence-electron chi connectivity index (χ0n) is 10.2. The van der Waals surface area contributed by atoms with E-state index >= 15 is 0 Å². The number of ether oxygens (including phenoxy) is 1. The molecule has 1 aromatic heterocycles. The Bertz CT molecular complexity index is 568. The van der Waals surface area contributed by atoms with E-state index in [2.05, 4.69) is 4.98 Å². The summed E-state index contributed by atoms with van der Waals surface area (Å²) in [5.74, 6) is -2.83. The van der Waals surface area contributed by atoms with Gasteiger partial charge in [0, 0.05) is 6.42 Å². The maximum Gasteiger partial charge on any atom is 0.350 e. The lowest BCUT2D eigenvalue weighted by molar-refractivity contribution is -0.154. The van der Waals surface area contributed by atoms with Crippen LogP contribution in [0.3, 0.4) is 0 Å². The minimum atomic E-state index is -1.23. The fourth-order valence-electron chi connectivity index (χ4n) is 1.54. The molecular weight excluding hydrogens is 272 g/mol. The van der Waals surface area contributed by atoms with Crippen LogP contribution in [0.5, 0.6) is 6.01 Å². The highest BCUT2D eigenvalue weighted by molar-refractivity contribution is 5.84. The highest BCUT2D eigenvalue weighted by Gasteiger charge is 2.29. The number of rotatable bonds is 3. The lowest BCUT2D eigenvalue weighted by Crippen LogP contribution is -2.43. The average molecular weight is 284 g/mol. The van der Waals surface area contributed by atoms with Gasteiger partial charge in [-0.15, -0.1) is 4.73 Å². The van der Waals surface area contributed by atoms with E-state index in [1.54, 1.807) is 0 Å². The minimum absolute atomic E-state index is 0.164. The van der Waals surface area contributed by atoms with Crippen molar-refractivity contribution in [3.8, 4) is 6.01 Å². The first-order valence-electron chi connectivity index (χ1n) is 5.62. The SMILES string of the molecule is NC(Cc1cnc2n1OC(=O)C(N)CC(=O)O2)C(=O)O. The first-order chi connectivity index (χ1) is 9.38. The van der Waals surface area contributed by atoms with E-state index in [0.717, 1.165) is 4.73 Å². The van der Waals surface area contributed by atoms with Crippen molar-refractivity contribution in [2.75, 3.05) is 0 Å². The predicted octanol–water partition coefficient (Wildman–Crippen LogP) is -2.57. The molecule has 10 nitrogen and oxygen atoms in total. The van der Waals surface area contributed by atoms with Gasteiger partial charge in [-0.05, 0) is 0 Å². The van der Waals surface area contributed by atoms with Crippen LogP contribution in [-0.2, 0) is 20.8 Å². The van der Waals surface area contributed by atoms with E-state index < -0.39 is 30.0 Å². The summed E-state index contributed by atoms with van der Waals surface area (Å²) in [6.07, 6.45) is 0.702. The Kier molecular flexibility index (Phi) is 3.68. The van der Waals surface area contributed by atoms with Crippen LogP contribution in [0, 0.1) is 0 Å². The lowest BCUT2D eigenvalue weighted by Gasteiger charge is -2.17. The van der Waals surface area contributed by atoms with Crippen molar-refractivity contribution < 1.29 is 29.1 Å². The van der Waals surface area contributed by atoms with E-state index in [9.17, 15) is 14.4 Å². The largest absolute Gasteiger partial charge is 0.480 e. The highest BCUT2D eigenvalue weighted by atomic mass is 16.7. The van der Waals surface area contributed by atoms with Gasteiger partial charge in [0.25, 0.3) is 0 Å². The standard InChI is InChI=1S/C10H12N4O6/c11-5(8(16)17)1-4-3-13-10-14(4)20-9(18)6(12)2-7(15)19-10/h3,5-6H,1-2,11-12H2,(H,16,17). The fraction of sp³-hybridized carbons (Fsp3) is 0.400. The van der Waals surface area contributed by atoms with E-state index in [4.69, 9.17) is 26.1 Å². The number of carboxylic acids is 1. The number of imidazole rings is 1. The van der Waals surface area contributed by atoms with Crippen LogP contribution in [0.25, 0.3) is 0 Å². The predicted molar refractivity (Wildman–Crippen MR) is 61.4 cm³/mol. The summed E-state index contributed by atoms with van der Waals surface area (Å²) < 4.78 is 5.67. The molecule has 108 valence electrons. The summed E-state index contributed by atoms with van der Waals surface area (Å²) in [6.45, 7) is 0. The molecule has 1 aliphatic heterocycles.